The molecule has 134 valence electrons. The first-order valence-electron chi connectivity index (χ1n) is 7.79. The first kappa shape index (κ1) is 17.5. The van der Waals surface area contributed by atoms with Crippen molar-refractivity contribution >= 4 is 11.4 Å². The number of anilines is 1. The minimum absolute atomic E-state index is 0.188. The first-order valence-corrected chi connectivity index (χ1v) is 7.79. The van der Waals surface area contributed by atoms with Crippen LogP contribution < -0.4 is 5.32 Å². The SMILES string of the molecule is O=[N+]([O-])c1ccc(NCCCc2nc(-c3ccc(F)cc3)no2)c(F)c1. The smallest absolute Gasteiger partial charge is 0.272 e. The summed E-state index contributed by atoms with van der Waals surface area (Å²) >= 11 is 0. The Morgan fingerprint density at radius 3 is 2.62 bits per heavy atom. The van der Waals surface area contributed by atoms with E-state index in [1.54, 1.807) is 12.1 Å². The van der Waals surface area contributed by atoms with Crippen molar-refractivity contribution in [3.8, 4) is 11.4 Å². The summed E-state index contributed by atoms with van der Waals surface area (Å²) in [5.74, 6) is -0.248. The summed E-state index contributed by atoms with van der Waals surface area (Å²) < 4.78 is 31.8. The van der Waals surface area contributed by atoms with Crippen LogP contribution in [0.3, 0.4) is 0 Å². The van der Waals surface area contributed by atoms with Crippen molar-refractivity contribution < 1.29 is 18.2 Å². The quantitative estimate of drug-likeness (QED) is 0.389. The van der Waals surface area contributed by atoms with Crippen molar-refractivity contribution in [2.75, 3.05) is 11.9 Å². The molecule has 3 rings (SSSR count). The van der Waals surface area contributed by atoms with Gasteiger partial charge in [0.1, 0.15) is 5.82 Å². The number of non-ortho nitro benzene ring substituents is 1. The molecule has 1 N–H and O–H groups in total. The summed E-state index contributed by atoms with van der Waals surface area (Å²) in [5.41, 5.74) is 0.535. The van der Waals surface area contributed by atoms with Gasteiger partial charge in [0.2, 0.25) is 11.7 Å². The first-order chi connectivity index (χ1) is 12.5. The Balaban J connectivity index is 1.51. The molecule has 0 bridgehead atoms. The van der Waals surface area contributed by atoms with Crippen LogP contribution in [0.25, 0.3) is 11.4 Å². The van der Waals surface area contributed by atoms with E-state index in [1.165, 1.54) is 24.3 Å². The third-order valence-electron chi connectivity index (χ3n) is 3.62. The lowest BCUT2D eigenvalue weighted by molar-refractivity contribution is -0.385. The fourth-order valence-electron chi connectivity index (χ4n) is 2.30. The van der Waals surface area contributed by atoms with E-state index in [0.717, 1.165) is 6.07 Å². The van der Waals surface area contributed by atoms with Gasteiger partial charge in [0, 0.05) is 24.6 Å². The van der Waals surface area contributed by atoms with E-state index < -0.39 is 10.7 Å². The Kier molecular flexibility index (Phi) is 5.16. The molecule has 0 spiro atoms. The van der Waals surface area contributed by atoms with Gasteiger partial charge < -0.3 is 9.84 Å². The number of nitrogens with one attached hydrogen (secondary N) is 1. The van der Waals surface area contributed by atoms with Crippen molar-refractivity contribution in [3.05, 3.63) is 70.1 Å². The minimum atomic E-state index is -0.685. The lowest BCUT2D eigenvalue weighted by Gasteiger charge is -2.06. The molecule has 0 saturated heterocycles. The second-order valence-electron chi connectivity index (χ2n) is 5.47. The van der Waals surface area contributed by atoms with Crippen molar-refractivity contribution in [2.45, 2.75) is 12.8 Å². The van der Waals surface area contributed by atoms with Crippen molar-refractivity contribution in [3.63, 3.8) is 0 Å². The maximum atomic E-state index is 13.7. The zero-order chi connectivity index (χ0) is 18.5. The van der Waals surface area contributed by atoms with Crippen LogP contribution in [0, 0.1) is 21.7 Å². The van der Waals surface area contributed by atoms with E-state index >= 15 is 0 Å². The highest BCUT2D eigenvalue weighted by Crippen LogP contribution is 2.21. The highest BCUT2D eigenvalue weighted by molar-refractivity contribution is 5.53. The summed E-state index contributed by atoms with van der Waals surface area (Å²) in [6, 6.07) is 9.17. The summed E-state index contributed by atoms with van der Waals surface area (Å²) in [6.07, 6.45) is 1.05. The number of hydrogen-bond donors (Lipinski definition) is 1. The molecular weight excluding hydrogens is 346 g/mol. The third kappa shape index (κ3) is 4.18. The fourth-order valence-corrected chi connectivity index (χ4v) is 2.30. The molecule has 0 atom stereocenters. The van der Waals surface area contributed by atoms with E-state index in [4.69, 9.17) is 4.52 Å². The van der Waals surface area contributed by atoms with Gasteiger partial charge in [0.05, 0.1) is 16.7 Å². The van der Waals surface area contributed by atoms with Crippen molar-refractivity contribution in [1.82, 2.24) is 10.1 Å². The molecule has 3 aromatic rings. The number of rotatable bonds is 7. The molecule has 1 aromatic heterocycles. The molecule has 0 fully saturated rings. The number of hydrogen-bond acceptors (Lipinski definition) is 6. The molecule has 0 radical (unpaired) electrons. The summed E-state index contributed by atoms with van der Waals surface area (Å²) in [4.78, 5) is 14.2. The number of aromatic nitrogens is 2. The largest absolute Gasteiger partial charge is 0.383 e. The summed E-state index contributed by atoms with van der Waals surface area (Å²) in [6.45, 7) is 0.420. The Hall–Kier alpha value is -3.36. The van der Waals surface area contributed by atoms with Crippen LogP contribution in [-0.2, 0) is 6.42 Å². The standard InChI is InChI=1S/C17H14F2N4O3/c18-12-5-3-11(4-6-12)17-21-16(26-22-17)2-1-9-20-15-8-7-13(23(24)25)10-14(15)19/h3-8,10,20H,1-2,9H2. The molecule has 0 saturated carbocycles. The molecule has 0 aliphatic heterocycles. The summed E-state index contributed by atoms with van der Waals surface area (Å²) in [5, 5.41) is 17.3. The van der Waals surface area contributed by atoms with E-state index in [-0.39, 0.29) is 17.2 Å². The number of halogens is 2. The van der Waals surface area contributed by atoms with Gasteiger partial charge in [-0.05, 0) is 36.8 Å². The zero-order valence-corrected chi connectivity index (χ0v) is 13.5. The van der Waals surface area contributed by atoms with Crippen LogP contribution in [0.2, 0.25) is 0 Å². The summed E-state index contributed by atoms with van der Waals surface area (Å²) in [7, 11) is 0. The normalized spacial score (nSPS) is 10.7. The molecule has 26 heavy (non-hydrogen) atoms. The molecule has 2 aromatic carbocycles. The number of nitro benzene ring substituents is 1. The predicted octanol–water partition coefficient (Wildman–Crippen LogP) is 3.97. The van der Waals surface area contributed by atoms with Crippen molar-refractivity contribution in [1.29, 1.82) is 0 Å². The fraction of sp³-hybridized carbons (Fsp3) is 0.176. The lowest BCUT2D eigenvalue weighted by Crippen LogP contribution is -2.05. The topological polar surface area (TPSA) is 94.1 Å². The molecule has 1 heterocycles. The number of nitrogens with zero attached hydrogens (tertiary/aromatic N) is 3. The van der Waals surface area contributed by atoms with Crippen molar-refractivity contribution in [2.24, 2.45) is 0 Å². The monoisotopic (exact) mass is 360 g/mol. The molecule has 9 heteroatoms. The Morgan fingerprint density at radius 1 is 1.15 bits per heavy atom. The van der Waals surface area contributed by atoms with Gasteiger partial charge in [-0.25, -0.2) is 8.78 Å². The van der Waals surface area contributed by atoms with E-state index in [9.17, 15) is 18.9 Å². The van der Waals surface area contributed by atoms with Crippen LogP contribution in [-0.4, -0.2) is 21.6 Å². The Morgan fingerprint density at radius 2 is 1.92 bits per heavy atom. The van der Waals surface area contributed by atoms with Crippen LogP contribution in [0.4, 0.5) is 20.2 Å². The number of aryl methyl sites for hydroxylation is 1. The van der Waals surface area contributed by atoms with Gasteiger partial charge >= 0.3 is 0 Å². The minimum Gasteiger partial charge on any atom is -0.383 e. The van der Waals surface area contributed by atoms with E-state index in [2.05, 4.69) is 15.5 Å². The average Bonchev–Trinajstić information content (AvgIpc) is 3.09. The lowest BCUT2D eigenvalue weighted by atomic mass is 10.2. The molecular formula is C17H14F2N4O3. The van der Waals surface area contributed by atoms with Gasteiger partial charge in [-0.15, -0.1) is 0 Å². The molecule has 0 aliphatic rings. The third-order valence-corrected chi connectivity index (χ3v) is 3.62. The van der Waals surface area contributed by atoms with Crippen LogP contribution >= 0.6 is 0 Å². The van der Waals surface area contributed by atoms with E-state index in [0.29, 0.717) is 36.7 Å². The maximum absolute atomic E-state index is 13.7. The highest BCUT2D eigenvalue weighted by atomic mass is 19.1. The maximum Gasteiger partial charge on any atom is 0.272 e. The van der Waals surface area contributed by atoms with Gasteiger partial charge in [-0.1, -0.05) is 5.16 Å². The molecule has 7 nitrogen and oxygen atoms in total. The van der Waals surface area contributed by atoms with Crippen LogP contribution in [0.15, 0.2) is 47.0 Å². The van der Waals surface area contributed by atoms with Crippen LogP contribution in [0.5, 0.6) is 0 Å². The van der Waals surface area contributed by atoms with E-state index in [1.807, 2.05) is 0 Å². The van der Waals surface area contributed by atoms with Gasteiger partial charge in [-0.2, -0.15) is 4.98 Å². The average molecular weight is 360 g/mol. The number of benzene rings is 2. The predicted molar refractivity (Wildman–Crippen MR) is 89.6 cm³/mol. The van der Waals surface area contributed by atoms with Crippen LogP contribution in [0.1, 0.15) is 12.3 Å². The molecule has 0 aliphatic carbocycles. The van der Waals surface area contributed by atoms with Gasteiger partial charge in [0.15, 0.2) is 5.82 Å². The number of nitro groups is 1. The Labute approximate surface area is 146 Å². The van der Waals surface area contributed by atoms with Gasteiger partial charge in [-0.3, -0.25) is 10.1 Å². The molecule has 0 amide bonds. The Bertz CT molecular complexity index is 913. The highest BCUT2D eigenvalue weighted by Gasteiger charge is 2.11. The van der Waals surface area contributed by atoms with Gasteiger partial charge in [0.25, 0.3) is 5.69 Å². The second kappa shape index (κ2) is 7.68. The second-order valence-corrected chi connectivity index (χ2v) is 5.47. The molecule has 0 unspecified atom stereocenters. The zero-order valence-electron chi connectivity index (χ0n) is 13.5.